The van der Waals surface area contributed by atoms with Gasteiger partial charge in [0.05, 0.1) is 5.69 Å². The van der Waals surface area contributed by atoms with Gasteiger partial charge in [-0.05, 0) is 18.1 Å². The number of nitrogens with one attached hydrogen (secondary N) is 1. The highest BCUT2D eigenvalue weighted by Gasteiger charge is 2.23. The van der Waals surface area contributed by atoms with Crippen molar-refractivity contribution in [3.05, 3.63) is 42.0 Å². The molecule has 1 aromatic carbocycles. The highest BCUT2D eigenvalue weighted by Crippen LogP contribution is 2.18. The molecular formula is C13H14N2O2. The SMILES string of the molecule is CCCc1ccccc1NN1C(=O)C=CC1=O. The predicted octanol–water partition coefficient (Wildman–Crippen LogP) is 1.89. The standard InChI is InChI=1S/C13H14N2O2/c1-2-5-10-6-3-4-7-11(10)14-15-12(16)8-9-13(15)17/h3-4,6-9,14H,2,5H2,1H3. The van der Waals surface area contributed by atoms with E-state index in [-0.39, 0.29) is 11.8 Å². The lowest BCUT2D eigenvalue weighted by Crippen LogP contribution is -2.35. The number of anilines is 1. The zero-order valence-corrected chi connectivity index (χ0v) is 9.64. The average molecular weight is 230 g/mol. The maximum atomic E-state index is 11.4. The van der Waals surface area contributed by atoms with E-state index < -0.39 is 0 Å². The fourth-order valence-corrected chi connectivity index (χ4v) is 1.75. The zero-order chi connectivity index (χ0) is 12.3. The fraction of sp³-hybridized carbons (Fsp3) is 0.231. The van der Waals surface area contributed by atoms with Gasteiger partial charge in [0.25, 0.3) is 11.8 Å². The van der Waals surface area contributed by atoms with Crippen LogP contribution in [0.2, 0.25) is 0 Å². The van der Waals surface area contributed by atoms with E-state index in [4.69, 9.17) is 0 Å². The summed E-state index contributed by atoms with van der Waals surface area (Å²) in [6, 6.07) is 7.68. The van der Waals surface area contributed by atoms with E-state index in [1.165, 1.54) is 12.2 Å². The largest absolute Gasteiger partial charge is 0.288 e. The molecule has 0 bridgehead atoms. The third-order valence-corrected chi connectivity index (χ3v) is 2.58. The van der Waals surface area contributed by atoms with E-state index in [0.29, 0.717) is 0 Å². The average Bonchev–Trinajstić information content (AvgIpc) is 2.64. The molecular weight excluding hydrogens is 216 g/mol. The lowest BCUT2D eigenvalue weighted by molar-refractivity contribution is -0.135. The normalized spacial score (nSPS) is 14.5. The maximum absolute atomic E-state index is 11.4. The maximum Gasteiger partial charge on any atom is 0.272 e. The summed E-state index contributed by atoms with van der Waals surface area (Å²) in [5.41, 5.74) is 4.77. The molecule has 0 spiro atoms. The van der Waals surface area contributed by atoms with Crippen molar-refractivity contribution in [3.8, 4) is 0 Å². The Morgan fingerprint density at radius 1 is 1.12 bits per heavy atom. The number of rotatable bonds is 4. The van der Waals surface area contributed by atoms with Gasteiger partial charge in [-0.25, -0.2) is 0 Å². The third-order valence-electron chi connectivity index (χ3n) is 2.58. The predicted molar refractivity (Wildman–Crippen MR) is 65.1 cm³/mol. The Balaban J connectivity index is 2.18. The Labute approximate surface area is 99.9 Å². The second-order valence-corrected chi connectivity index (χ2v) is 3.86. The minimum Gasteiger partial charge on any atom is -0.288 e. The summed E-state index contributed by atoms with van der Waals surface area (Å²) < 4.78 is 0. The third kappa shape index (κ3) is 2.36. The smallest absolute Gasteiger partial charge is 0.272 e. The molecule has 0 fully saturated rings. The van der Waals surface area contributed by atoms with Crippen molar-refractivity contribution in [1.82, 2.24) is 5.01 Å². The van der Waals surface area contributed by atoms with Crippen molar-refractivity contribution in [2.75, 3.05) is 5.43 Å². The van der Waals surface area contributed by atoms with E-state index in [1.54, 1.807) is 0 Å². The molecule has 0 saturated carbocycles. The number of aryl methyl sites for hydroxylation is 1. The molecule has 1 aromatic rings. The summed E-state index contributed by atoms with van der Waals surface area (Å²) >= 11 is 0. The van der Waals surface area contributed by atoms with Crippen molar-refractivity contribution < 1.29 is 9.59 Å². The molecule has 2 amide bonds. The minimum atomic E-state index is -0.332. The number of carbonyl (C=O) groups excluding carboxylic acids is 2. The highest BCUT2D eigenvalue weighted by atomic mass is 16.2. The minimum absolute atomic E-state index is 0.332. The van der Waals surface area contributed by atoms with Crippen LogP contribution in [0.4, 0.5) is 5.69 Å². The summed E-state index contributed by atoms with van der Waals surface area (Å²) in [7, 11) is 0. The highest BCUT2D eigenvalue weighted by molar-refractivity contribution is 6.13. The number of nitrogens with zero attached hydrogens (tertiary/aromatic N) is 1. The summed E-state index contributed by atoms with van der Waals surface area (Å²) in [4.78, 5) is 22.8. The number of benzene rings is 1. The summed E-state index contributed by atoms with van der Waals surface area (Å²) in [6.45, 7) is 2.09. The number of hydrogen-bond donors (Lipinski definition) is 1. The monoisotopic (exact) mass is 230 g/mol. The topological polar surface area (TPSA) is 49.4 Å². The Hall–Kier alpha value is -2.10. The fourth-order valence-electron chi connectivity index (χ4n) is 1.75. The van der Waals surface area contributed by atoms with E-state index in [1.807, 2.05) is 24.3 Å². The first kappa shape index (κ1) is 11.4. The number of imide groups is 1. The number of amides is 2. The van der Waals surface area contributed by atoms with Crippen molar-refractivity contribution in [3.63, 3.8) is 0 Å². The van der Waals surface area contributed by atoms with Crippen molar-refractivity contribution in [2.24, 2.45) is 0 Å². The van der Waals surface area contributed by atoms with E-state index in [2.05, 4.69) is 12.3 Å². The number of para-hydroxylation sites is 1. The molecule has 1 aliphatic rings. The van der Waals surface area contributed by atoms with Crippen LogP contribution < -0.4 is 5.43 Å². The number of hydrogen-bond acceptors (Lipinski definition) is 3. The van der Waals surface area contributed by atoms with Crippen LogP contribution in [0.1, 0.15) is 18.9 Å². The Morgan fingerprint density at radius 2 is 1.76 bits per heavy atom. The summed E-state index contributed by atoms with van der Waals surface area (Å²) in [6.07, 6.45) is 4.45. The van der Waals surface area contributed by atoms with Gasteiger partial charge in [-0.1, -0.05) is 31.5 Å². The molecule has 88 valence electrons. The van der Waals surface area contributed by atoms with Crippen LogP contribution >= 0.6 is 0 Å². The van der Waals surface area contributed by atoms with Gasteiger partial charge in [-0.3, -0.25) is 15.0 Å². The first-order valence-corrected chi connectivity index (χ1v) is 5.63. The Kier molecular flexibility index (Phi) is 3.23. The van der Waals surface area contributed by atoms with Gasteiger partial charge in [0.15, 0.2) is 0 Å². The van der Waals surface area contributed by atoms with Crippen LogP contribution in [-0.2, 0) is 16.0 Å². The van der Waals surface area contributed by atoms with Crippen LogP contribution in [0.25, 0.3) is 0 Å². The van der Waals surface area contributed by atoms with Gasteiger partial charge in [-0.15, -0.1) is 0 Å². The second kappa shape index (κ2) is 4.82. The van der Waals surface area contributed by atoms with Crippen LogP contribution in [0.3, 0.4) is 0 Å². The van der Waals surface area contributed by atoms with Crippen molar-refractivity contribution in [1.29, 1.82) is 0 Å². The Morgan fingerprint density at radius 3 is 2.41 bits per heavy atom. The van der Waals surface area contributed by atoms with Crippen LogP contribution in [0.15, 0.2) is 36.4 Å². The molecule has 1 aliphatic heterocycles. The molecule has 0 aliphatic carbocycles. The molecule has 4 nitrogen and oxygen atoms in total. The van der Waals surface area contributed by atoms with Gasteiger partial charge in [-0.2, -0.15) is 5.01 Å². The molecule has 0 aromatic heterocycles. The van der Waals surface area contributed by atoms with Gasteiger partial charge in [0.1, 0.15) is 0 Å². The lowest BCUT2D eigenvalue weighted by Gasteiger charge is -2.18. The van der Waals surface area contributed by atoms with Gasteiger partial charge in [0.2, 0.25) is 0 Å². The summed E-state index contributed by atoms with van der Waals surface area (Å²) in [5.74, 6) is -0.664. The molecule has 2 rings (SSSR count). The number of carbonyl (C=O) groups is 2. The van der Waals surface area contributed by atoms with E-state index in [0.717, 1.165) is 29.1 Å². The first-order chi connectivity index (χ1) is 8.22. The van der Waals surface area contributed by atoms with E-state index >= 15 is 0 Å². The Bertz CT molecular complexity index is 462. The molecule has 1 heterocycles. The van der Waals surface area contributed by atoms with Crippen molar-refractivity contribution in [2.45, 2.75) is 19.8 Å². The second-order valence-electron chi connectivity index (χ2n) is 3.86. The number of hydrazine groups is 1. The van der Waals surface area contributed by atoms with E-state index in [9.17, 15) is 9.59 Å². The molecule has 17 heavy (non-hydrogen) atoms. The van der Waals surface area contributed by atoms with Crippen LogP contribution in [0.5, 0.6) is 0 Å². The molecule has 4 heteroatoms. The molecule has 0 atom stereocenters. The zero-order valence-electron chi connectivity index (χ0n) is 9.64. The van der Waals surface area contributed by atoms with Crippen LogP contribution in [0, 0.1) is 0 Å². The summed E-state index contributed by atoms with van der Waals surface area (Å²) in [5, 5.41) is 1.02. The molecule has 0 radical (unpaired) electrons. The van der Waals surface area contributed by atoms with Gasteiger partial charge in [0, 0.05) is 12.2 Å². The molecule has 0 saturated heterocycles. The first-order valence-electron chi connectivity index (χ1n) is 5.63. The quantitative estimate of drug-likeness (QED) is 0.803. The molecule has 0 unspecified atom stereocenters. The van der Waals surface area contributed by atoms with Gasteiger partial charge >= 0.3 is 0 Å². The molecule has 1 N–H and O–H groups in total. The lowest BCUT2D eigenvalue weighted by atomic mass is 10.1. The van der Waals surface area contributed by atoms with Gasteiger partial charge < -0.3 is 0 Å². The van der Waals surface area contributed by atoms with Crippen molar-refractivity contribution >= 4 is 17.5 Å². The van der Waals surface area contributed by atoms with Crippen LogP contribution in [-0.4, -0.2) is 16.8 Å².